The van der Waals surface area contributed by atoms with Gasteiger partial charge in [0.25, 0.3) is 11.6 Å². The number of benzene rings is 3. The molecule has 176 valence electrons. The van der Waals surface area contributed by atoms with E-state index in [2.05, 4.69) is 5.32 Å². The van der Waals surface area contributed by atoms with Crippen LogP contribution in [0.2, 0.25) is 0 Å². The van der Waals surface area contributed by atoms with E-state index in [1.54, 1.807) is 36.4 Å². The van der Waals surface area contributed by atoms with Crippen LogP contribution >= 0.6 is 0 Å². The number of nitro groups is 1. The van der Waals surface area contributed by atoms with Gasteiger partial charge in [0.1, 0.15) is 17.4 Å². The maximum atomic E-state index is 12.6. The highest BCUT2D eigenvalue weighted by Crippen LogP contribution is 2.30. The quantitative estimate of drug-likeness (QED) is 0.127. The Hall–Kier alpha value is -5.17. The van der Waals surface area contributed by atoms with Gasteiger partial charge >= 0.3 is 5.97 Å². The summed E-state index contributed by atoms with van der Waals surface area (Å²) in [5.41, 5.74) is 0.351. The number of carbonyl (C=O) groups excluding carboxylic acids is 2. The zero-order chi connectivity index (χ0) is 25.4. The number of nitriles is 1. The summed E-state index contributed by atoms with van der Waals surface area (Å²) in [6.45, 7) is 0. The Morgan fingerprint density at radius 3 is 2.37 bits per heavy atom. The van der Waals surface area contributed by atoms with Gasteiger partial charge in [-0.1, -0.05) is 12.1 Å². The minimum absolute atomic E-state index is 0.0819. The first-order valence-corrected chi connectivity index (χ1v) is 10.1. The molecule has 0 fully saturated rings. The number of nitrogens with zero attached hydrogens (tertiary/aromatic N) is 2. The number of non-ortho nitro benzene ring substituents is 1. The molecule has 0 radical (unpaired) electrons. The molecule has 0 heterocycles. The molecule has 0 aromatic heterocycles. The Labute approximate surface area is 200 Å². The second-order valence-corrected chi connectivity index (χ2v) is 6.96. The number of methoxy groups -OCH3 is 2. The maximum Gasteiger partial charge on any atom is 0.343 e. The van der Waals surface area contributed by atoms with E-state index in [0.29, 0.717) is 11.3 Å². The molecule has 0 saturated heterocycles. The van der Waals surface area contributed by atoms with Crippen molar-refractivity contribution in [1.82, 2.24) is 0 Å². The molecule has 35 heavy (non-hydrogen) atoms. The number of hydrogen-bond donors (Lipinski definition) is 1. The first kappa shape index (κ1) is 24.5. The van der Waals surface area contributed by atoms with Gasteiger partial charge in [-0.15, -0.1) is 0 Å². The number of amides is 1. The Morgan fingerprint density at radius 2 is 1.74 bits per heavy atom. The van der Waals surface area contributed by atoms with E-state index in [9.17, 15) is 25.0 Å². The highest BCUT2D eigenvalue weighted by Gasteiger charge is 2.15. The molecule has 0 bridgehead atoms. The lowest BCUT2D eigenvalue weighted by Gasteiger charge is -2.11. The average Bonchev–Trinajstić information content (AvgIpc) is 2.87. The number of nitrogens with one attached hydrogen (secondary N) is 1. The third-order valence-corrected chi connectivity index (χ3v) is 4.71. The normalized spacial score (nSPS) is 10.6. The number of ether oxygens (including phenoxy) is 3. The van der Waals surface area contributed by atoms with Crippen LogP contribution < -0.4 is 19.5 Å². The summed E-state index contributed by atoms with van der Waals surface area (Å²) >= 11 is 0. The average molecular weight is 473 g/mol. The van der Waals surface area contributed by atoms with Crippen molar-refractivity contribution in [2.24, 2.45) is 0 Å². The highest BCUT2D eigenvalue weighted by molar-refractivity contribution is 6.09. The van der Waals surface area contributed by atoms with E-state index in [-0.39, 0.29) is 34.0 Å². The molecule has 3 aromatic rings. The Morgan fingerprint density at radius 1 is 1.00 bits per heavy atom. The van der Waals surface area contributed by atoms with Crippen LogP contribution in [0, 0.1) is 21.4 Å². The summed E-state index contributed by atoms with van der Waals surface area (Å²) in [4.78, 5) is 35.5. The van der Waals surface area contributed by atoms with Crippen LogP contribution in [0.3, 0.4) is 0 Å². The minimum atomic E-state index is -0.763. The zero-order valence-electron chi connectivity index (χ0n) is 18.7. The molecule has 1 N–H and O–H groups in total. The number of nitro benzene ring substituents is 1. The molecule has 0 atom stereocenters. The van der Waals surface area contributed by atoms with Crippen LogP contribution in [-0.4, -0.2) is 31.0 Å². The number of anilines is 1. The van der Waals surface area contributed by atoms with Gasteiger partial charge in [0.2, 0.25) is 0 Å². The number of hydrogen-bond acceptors (Lipinski definition) is 8. The predicted octanol–water partition coefficient (Wildman–Crippen LogP) is 4.38. The summed E-state index contributed by atoms with van der Waals surface area (Å²) in [6.07, 6.45) is 1.29. The molecule has 0 aliphatic rings. The molecule has 0 aliphatic heterocycles. The van der Waals surface area contributed by atoms with Gasteiger partial charge in [-0.25, -0.2) is 4.79 Å². The molecule has 0 unspecified atom stereocenters. The van der Waals surface area contributed by atoms with Crippen LogP contribution in [0.5, 0.6) is 17.2 Å². The van der Waals surface area contributed by atoms with Crippen molar-refractivity contribution in [3.05, 3.63) is 93.5 Å². The summed E-state index contributed by atoms with van der Waals surface area (Å²) in [7, 11) is 2.92. The molecule has 10 nitrogen and oxygen atoms in total. The third-order valence-electron chi connectivity index (χ3n) is 4.71. The van der Waals surface area contributed by atoms with Crippen molar-refractivity contribution in [2.45, 2.75) is 0 Å². The molecular weight excluding hydrogens is 454 g/mol. The van der Waals surface area contributed by atoms with E-state index < -0.39 is 16.8 Å². The van der Waals surface area contributed by atoms with E-state index in [1.165, 1.54) is 56.7 Å². The van der Waals surface area contributed by atoms with Gasteiger partial charge in [0.05, 0.1) is 24.7 Å². The minimum Gasteiger partial charge on any atom is -0.497 e. The Kier molecular flexibility index (Phi) is 7.77. The SMILES string of the molecule is COc1ccc(C(=O)Oc2cc(/C=C(\C#N)C(=O)Nc3cccc([N+](=O)[O-])c3)ccc2OC)cc1. The topological polar surface area (TPSA) is 141 Å². The van der Waals surface area contributed by atoms with Crippen molar-refractivity contribution in [2.75, 3.05) is 19.5 Å². The van der Waals surface area contributed by atoms with Crippen LogP contribution in [0.15, 0.2) is 72.3 Å². The second-order valence-electron chi connectivity index (χ2n) is 6.96. The van der Waals surface area contributed by atoms with Crippen molar-refractivity contribution in [3.8, 4) is 23.3 Å². The van der Waals surface area contributed by atoms with E-state index in [1.807, 2.05) is 0 Å². The fraction of sp³-hybridized carbons (Fsp3) is 0.0800. The lowest BCUT2D eigenvalue weighted by molar-refractivity contribution is -0.384. The molecule has 3 aromatic carbocycles. The number of rotatable bonds is 8. The summed E-state index contributed by atoms with van der Waals surface area (Å²) in [5.74, 6) is -0.475. The third kappa shape index (κ3) is 6.21. The molecule has 0 saturated carbocycles. The first-order valence-electron chi connectivity index (χ1n) is 10.1. The molecule has 0 aliphatic carbocycles. The van der Waals surface area contributed by atoms with Crippen LogP contribution in [0.1, 0.15) is 15.9 Å². The summed E-state index contributed by atoms with van der Waals surface area (Å²) in [5, 5.41) is 22.9. The van der Waals surface area contributed by atoms with E-state index in [4.69, 9.17) is 14.2 Å². The van der Waals surface area contributed by atoms with Gasteiger partial charge in [-0.05, 0) is 54.1 Å². The first-order chi connectivity index (χ1) is 16.8. The second kappa shape index (κ2) is 11.1. The van der Waals surface area contributed by atoms with Crippen molar-refractivity contribution in [1.29, 1.82) is 5.26 Å². The predicted molar refractivity (Wildman–Crippen MR) is 126 cm³/mol. The van der Waals surface area contributed by atoms with E-state index >= 15 is 0 Å². The fourth-order valence-electron chi connectivity index (χ4n) is 2.96. The zero-order valence-corrected chi connectivity index (χ0v) is 18.7. The highest BCUT2D eigenvalue weighted by atomic mass is 16.6. The standard InChI is InChI=1S/C25H19N3O7/c1-33-21-9-7-17(8-10-21)25(30)35-23-13-16(6-11-22(23)34-2)12-18(15-26)24(29)27-19-4-3-5-20(14-19)28(31)32/h3-14H,1-2H3,(H,27,29)/b18-12+. The molecule has 10 heteroatoms. The molecule has 0 spiro atoms. The van der Waals surface area contributed by atoms with Gasteiger partial charge in [0, 0.05) is 17.8 Å². The maximum absolute atomic E-state index is 12.6. The smallest absolute Gasteiger partial charge is 0.343 e. The van der Waals surface area contributed by atoms with E-state index in [0.717, 1.165) is 0 Å². The fourth-order valence-corrected chi connectivity index (χ4v) is 2.96. The van der Waals surface area contributed by atoms with Gasteiger partial charge in [-0.2, -0.15) is 5.26 Å². The Bertz CT molecular complexity index is 1340. The summed E-state index contributed by atoms with van der Waals surface area (Å²) in [6, 6.07) is 18.0. The lowest BCUT2D eigenvalue weighted by atomic mass is 10.1. The van der Waals surface area contributed by atoms with Crippen molar-refractivity contribution < 1.29 is 28.7 Å². The largest absolute Gasteiger partial charge is 0.497 e. The van der Waals surface area contributed by atoms with Crippen molar-refractivity contribution in [3.63, 3.8) is 0 Å². The number of esters is 1. The Balaban J connectivity index is 1.83. The summed E-state index contributed by atoms with van der Waals surface area (Å²) < 4.78 is 15.8. The molecule has 1 amide bonds. The lowest BCUT2D eigenvalue weighted by Crippen LogP contribution is -2.13. The van der Waals surface area contributed by atoms with Crippen LogP contribution in [-0.2, 0) is 4.79 Å². The van der Waals surface area contributed by atoms with Gasteiger partial charge in [0.15, 0.2) is 11.5 Å². The monoisotopic (exact) mass is 473 g/mol. The van der Waals surface area contributed by atoms with Gasteiger partial charge in [-0.3, -0.25) is 14.9 Å². The number of carbonyl (C=O) groups is 2. The van der Waals surface area contributed by atoms with Crippen LogP contribution in [0.25, 0.3) is 6.08 Å². The molecule has 3 rings (SSSR count). The van der Waals surface area contributed by atoms with Crippen LogP contribution in [0.4, 0.5) is 11.4 Å². The van der Waals surface area contributed by atoms with Crippen molar-refractivity contribution >= 4 is 29.3 Å². The van der Waals surface area contributed by atoms with Gasteiger partial charge < -0.3 is 19.5 Å². The molecular formula is C25H19N3O7.